The number of carbonyl (C=O) groups is 4. The third-order valence-electron chi connectivity index (χ3n) is 6.89. The van der Waals surface area contributed by atoms with Gasteiger partial charge in [-0.25, -0.2) is 9.69 Å². The van der Waals surface area contributed by atoms with Crippen LogP contribution in [0, 0.1) is 10.5 Å². The van der Waals surface area contributed by atoms with E-state index in [-0.39, 0.29) is 24.5 Å². The standard InChI is InChI=1S/C35H29ClIN3O7/c1-3-45-30-17-23(16-29(37)32(30)47-20-31(41)38-24-10-9-21(2)28(36)18-24)15-27-33(42)39-35(44)40(34(27)43)25-11-13-26(14-12-25)46-19-22-7-5-4-6-8-22/h4-18H,3,19-20H2,1-2H3,(H,38,41)(H,39,42,44)/b27-15-. The Hall–Kier alpha value is -4.88. The van der Waals surface area contributed by atoms with Crippen molar-refractivity contribution in [3.63, 3.8) is 0 Å². The molecule has 4 aromatic carbocycles. The molecule has 1 heterocycles. The van der Waals surface area contributed by atoms with Crippen molar-refractivity contribution in [2.24, 2.45) is 0 Å². The first kappa shape index (κ1) is 33.5. The highest BCUT2D eigenvalue weighted by atomic mass is 127. The van der Waals surface area contributed by atoms with Gasteiger partial charge < -0.3 is 19.5 Å². The molecule has 1 aliphatic heterocycles. The maximum Gasteiger partial charge on any atom is 0.335 e. The highest BCUT2D eigenvalue weighted by Gasteiger charge is 2.37. The van der Waals surface area contributed by atoms with Crippen molar-refractivity contribution in [2.45, 2.75) is 20.5 Å². The first-order chi connectivity index (χ1) is 22.6. The normalized spacial score (nSPS) is 13.7. The Kier molecular flexibility index (Phi) is 10.8. The van der Waals surface area contributed by atoms with Gasteiger partial charge in [0.1, 0.15) is 17.9 Å². The van der Waals surface area contributed by atoms with Crippen LogP contribution in [0.4, 0.5) is 16.2 Å². The Morgan fingerprint density at radius 2 is 1.70 bits per heavy atom. The van der Waals surface area contributed by atoms with E-state index in [2.05, 4.69) is 10.6 Å². The lowest BCUT2D eigenvalue weighted by Crippen LogP contribution is -2.54. The first-order valence-electron chi connectivity index (χ1n) is 14.5. The van der Waals surface area contributed by atoms with Crippen molar-refractivity contribution >= 4 is 75.4 Å². The van der Waals surface area contributed by atoms with E-state index in [0.717, 1.165) is 16.0 Å². The van der Waals surface area contributed by atoms with Crippen molar-refractivity contribution in [1.82, 2.24) is 5.32 Å². The van der Waals surface area contributed by atoms with Crippen molar-refractivity contribution in [3.8, 4) is 17.2 Å². The van der Waals surface area contributed by atoms with Crippen LogP contribution >= 0.6 is 34.2 Å². The van der Waals surface area contributed by atoms with Gasteiger partial charge in [-0.15, -0.1) is 0 Å². The van der Waals surface area contributed by atoms with E-state index in [9.17, 15) is 19.2 Å². The summed E-state index contributed by atoms with van der Waals surface area (Å²) in [7, 11) is 0. The van der Waals surface area contributed by atoms with Gasteiger partial charge in [0.25, 0.3) is 17.7 Å². The second-order valence-electron chi connectivity index (χ2n) is 10.3. The molecule has 0 aliphatic carbocycles. The van der Waals surface area contributed by atoms with E-state index in [4.69, 9.17) is 25.8 Å². The Bertz CT molecular complexity index is 1860. The summed E-state index contributed by atoms with van der Waals surface area (Å²) in [6, 6.07) is 23.6. The van der Waals surface area contributed by atoms with Gasteiger partial charge in [-0.05, 0) is 108 Å². The molecule has 0 unspecified atom stereocenters. The number of aryl methyl sites for hydroxylation is 1. The molecule has 1 fully saturated rings. The minimum atomic E-state index is -0.866. The van der Waals surface area contributed by atoms with E-state index in [0.29, 0.717) is 43.7 Å². The number of benzene rings is 4. The average molecular weight is 766 g/mol. The zero-order chi connectivity index (χ0) is 33.5. The van der Waals surface area contributed by atoms with Crippen LogP contribution in [0.3, 0.4) is 0 Å². The van der Waals surface area contributed by atoms with Gasteiger partial charge in [-0.1, -0.05) is 48.0 Å². The van der Waals surface area contributed by atoms with Crippen LogP contribution in [0.2, 0.25) is 5.02 Å². The third-order valence-corrected chi connectivity index (χ3v) is 8.10. The SMILES string of the molecule is CCOc1cc(/C=C2/C(=O)NC(=O)N(c3ccc(OCc4ccccc4)cc3)C2=O)cc(I)c1OCC(=O)Nc1ccc(C)c(Cl)c1. The molecule has 0 saturated carbocycles. The molecule has 0 atom stereocenters. The minimum absolute atomic E-state index is 0.253. The highest BCUT2D eigenvalue weighted by Crippen LogP contribution is 2.35. The molecule has 47 heavy (non-hydrogen) atoms. The Labute approximate surface area is 289 Å². The average Bonchev–Trinajstić information content (AvgIpc) is 3.04. The summed E-state index contributed by atoms with van der Waals surface area (Å²) < 4.78 is 18.0. The number of carbonyl (C=O) groups excluding carboxylic acids is 4. The maximum absolute atomic E-state index is 13.5. The molecule has 5 amide bonds. The molecule has 0 bridgehead atoms. The van der Waals surface area contributed by atoms with E-state index in [1.54, 1.807) is 61.5 Å². The molecular formula is C35H29ClIN3O7. The van der Waals surface area contributed by atoms with Gasteiger partial charge in [-0.2, -0.15) is 0 Å². The number of imide groups is 2. The zero-order valence-electron chi connectivity index (χ0n) is 25.3. The summed E-state index contributed by atoms with van der Waals surface area (Å²) >= 11 is 8.17. The summed E-state index contributed by atoms with van der Waals surface area (Å²) in [5.41, 5.74) is 2.87. The van der Waals surface area contributed by atoms with Gasteiger partial charge in [0.2, 0.25) is 0 Å². The first-order valence-corrected chi connectivity index (χ1v) is 15.9. The molecule has 12 heteroatoms. The fourth-order valence-electron chi connectivity index (χ4n) is 4.57. The number of hydrogen-bond acceptors (Lipinski definition) is 7. The summed E-state index contributed by atoms with van der Waals surface area (Å²) in [6.07, 6.45) is 1.37. The lowest BCUT2D eigenvalue weighted by atomic mass is 10.1. The molecule has 4 aromatic rings. The predicted octanol–water partition coefficient (Wildman–Crippen LogP) is 6.91. The molecule has 10 nitrogen and oxygen atoms in total. The number of rotatable bonds is 11. The molecule has 1 aliphatic rings. The van der Waals surface area contributed by atoms with E-state index in [1.807, 2.05) is 59.8 Å². The monoisotopic (exact) mass is 765 g/mol. The summed E-state index contributed by atoms with van der Waals surface area (Å²) in [5.74, 6) is -0.859. The van der Waals surface area contributed by atoms with Crippen LogP contribution < -0.4 is 29.7 Å². The number of barbiturate groups is 1. The van der Waals surface area contributed by atoms with Crippen molar-refractivity contribution in [1.29, 1.82) is 0 Å². The quantitative estimate of drug-likeness (QED) is 0.0967. The Balaban J connectivity index is 1.32. The number of hydrogen-bond donors (Lipinski definition) is 2. The molecule has 0 spiro atoms. The summed E-state index contributed by atoms with van der Waals surface area (Å²) in [5, 5.41) is 5.50. The number of nitrogens with one attached hydrogen (secondary N) is 2. The number of amides is 5. The molecule has 240 valence electrons. The number of nitrogens with zero attached hydrogens (tertiary/aromatic N) is 1. The Morgan fingerprint density at radius 3 is 2.40 bits per heavy atom. The fraction of sp³-hybridized carbons (Fsp3) is 0.143. The highest BCUT2D eigenvalue weighted by molar-refractivity contribution is 14.1. The van der Waals surface area contributed by atoms with E-state index in [1.165, 1.54) is 6.08 Å². The van der Waals surface area contributed by atoms with Crippen LogP contribution in [-0.4, -0.2) is 37.0 Å². The summed E-state index contributed by atoms with van der Waals surface area (Å²) in [4.78, 5) is 52.6. The van der Waals surface area contributed by atoms with Crippen LogP contribution in [-0.2, 0) is 21.0 Å². The number of halogens is 2. The fourth-order valence-corrected chi connectivity index (χ4v) is 5.53. The molecule has 2 N–H and O–H groups in total. The third kappa shape index (κ3) is 8.29. The van der Waals surface area contributed by atoms with Crippen LogP contribution in [0.1, 0.15) is 23.6 Å². The lowest BCUT2D eigenvalue weighted by Gasteiger charge is -2.26. The topological polar surface area (TPSA) is 123 Å². The van der Waals surface area contributed by atoms with Crippen LogP contribution in [0.25, 0.3) is 6.08 Å². The molecule has 5 rings (SSSR count). The lowest BCUT2D eigenvalue weighted by molar-refractivity contribution is -0.122. The molecule has 0 radical (unpaired) electrons. The molecule has 0 aromatic heterocycles. The largest absolute Gasteiger partial charge is 0.490 e. The maximum atomic E-state index is 13.5. The van der Waals surface area contributed by atoms with Crippen LogP contribution in [0.15, 0.2) is 90.5 Å². The van der Waals surface area contributed by atoms with Gasteiger partial charge in [0, 0.05) is 10.7 Å². The minimum Gasteiger partial charge on any atom is -0.490 e. The van der Waals surface area contributed by atoms with Crippen LogP contribution in [0.5, 0.6) is 17.2 Å². The number of ether oxygens (including phenoxy) is 3. The zero-order valence-corrected chi connectivity index (χ0v) is 28.3. The van der Waals surface area contributed by atoms with Gasteiger partial charge in [0.15, 0.2) is 18.1 Å². The van der Waals surface area contributed by atoms with Crippen molar-refractivity contribution in [3.05, 3.63) is 116 Å². The second kappa shape index (κ2) is 15.1. The van der Waals surface area contributed by atoms with Gasteiger partial charge in [0.05, 0.1) is 15.9 Å². The van der Waals surface area contributed by atoms with Crippen molar-refractivity contribution < 1.29 is 33.4 Å². The predicted molar refractivity (Wildman–Crippen MR) is 187 cm³/mol. The second-order valence-corrected chi connectivity index (χ2v) is 11.9. The van der Waals surface area contributed by atoms with Gasteiger partial charge >= 0.3 is 6.03 Å². The van der Waals surface area contributed by atoms with E-state index >= 15 is 0 Å². The number of anilines is 2. The molecular weight excluding hydrogens is 737 g/mol. The van der Waals surface area contributed by atoms with Gasteiger partial charge in [-0.3, -0.25) is 19.7 Å². The number of urea groups is 1. The smallest absolute Gasteiger partial charge is 0.335 e. The van der Waals surface area contributed by atoms with Crippen molar-refractivity contribution in [2.75, 3.05) is 23.4 Å². The van der Waals surface area contributed by atoms with E-state index < -0.39 is 23.8 Å². The summed E-state index contributed by atoms with van der Waals surface area (Å²) in [6.45, 7) is 3.98. The Morgan fingerprint density at radius 1 is 0.957 bits per heavy atom. The molecule has 1 saturated heterocycles.